The molecule has 0 aliphatic heterocycles. The second kappa shape index (κ2) is 4.49. The molecule has 2 aromatic rings. The molecule has 0 fully saturated rings. The number of Topliss-reactive ketones (excluding diaryl/α,β-unsaturated/α-hetero) is 1. The van der Waals surface area contributed by atoms with Crippen molar-refractivity contribution in [3.63, 3.8) is 0 Å². The summed E-state index contributed by atoms with van der Waals surface area (Å²) >= 11 is 5.67. The normalized spacial score (nSPS) is 10.4. The van der Waals surface area contributed by atoms with E-state index in [4.69, 9.17) is 16.0 Å². The number of rotatable bonds is 3. The van der Waals surface area contributed by atoms with Crippen molar-refractivity contribution >= 4 is 17.4 Å². The van der Waals surface area contributed by atoms with Crippen molar-refractivity contribution in [1.29, 1.82) is 0 Å². The summed E-state index contributed by atoms with van der Waals surface area (Å²) in [4.78, 5) is 15.0. The van der Waals surface area contributed by atoms with Crippen LogP contribution in [0.25, 0.3) is 0 Å². The smallest absolute Gasteiger partial charge is 0.194 e. The van der Waals surface area contributed by atoms with E-state index in [0.29, 0.717) is 10.9 Å². The summed E-state index contributed by atoms with van der Waals surface area (Å²) in [5.41, 5.74) is 1.73. The zero-order chi connectivity index (χ0) is 11.5. The second-order valence-corrected chi connectivity index (χ2v) is 3.75. The Morgan fingerprint density at radius 3 is 2.81 bits per heavy atom. The lowest BCUT2D eigenvalue weighted by Gasteiger charge is -1.96. The first-order chi connectivity index (χ1) is 7.65. The molecule has 81 valence electrons. The van der Waals surface area contributed by atoms with Crippen LogP contribution >= 0.6 is 11.6 Å². The number of hydrogen-bond acceptors (Lipinski definition) is 3. The predicted molar refractivity (Wildman–Crippen MR) is 60.5 cm³/mol. The van der Waals surface area contributed by atoms with Crippen LogP contribution in [-0.4, -0.2) is 10.8 Å². The summed E-state index contributed by atoms with van der Waals surface area (Å²) in [7, 11) is 0. The molecule has 0 aliphatic carbocycles. The largest absolute Gasteiger partial charge is 0.461 e. The minimum Gasteiger partial charge on any atom is -0.461 e. The van der Waals surface area contributed by atoms with Gasteiger partial charge in [-0.25, -0.2) is 4.98 Å². The number of furan rings is 1. The first-order valence-electron chi connectivity index (χ1n) is 4.71. The van der Waals surface area contributed by atoms with Crippen molar-refractivity contribution < 1.29 is 9.21 Å². The van der Waals surface area contributed by atoms with Crippen LogP contribution < -0.4 is 0 Å². The van der Waals surface area contributed by atoms with Gasteiger partial charge in [0.1, 0.15) is 5.15 Å². The highest BCUT2D eigenvalue weighted by Gasteiger charge is 2.07. The van der Waals surface area contributed by atoms with Gasteiger partial charge in [0.2, 0.25) is 0 Å². The Bertz CT molecular complexity index is 502. The molecule has 0 unspecified atom stereocenters. The second-order valence-electron chi connectivity index (χ2n) is 3.36. The predicted octanol–water partition coefficient (Wildman–Crippen LogP) is 3.13. The minimum atomic E-state index is -0.0890. The van der Waals surface area contributed by atoms with Crippen molar-refractivity contribution in [3.8, 4) is 0 Å². The summed E-state index contributed by atoms with van der Waals surface area (Å²) < 4.78 is 5.09. The number of aromatic nitrogens is 1. The van der Waals surface area contributed by atoms with Crippen LogP contribution in [0.1, 0.15) is 28.6 Å². The Morgan fingerprint density at radius 2 is 2.25 bits per heavy atom. The highest BCUT2D eigenvalue weighted by Crippen LogP contribution is 2.16. The van der Waals surface area contributed by atoms with Crippen molar-refractivity contribution in [1.82, 2.24) is 4.98 Å². The molecule has 2 aromatic heterocycles. The molecule has 0 amide bonds. The van der Waals surface area contributed by atoms with Gasteiger partial charge < -0.3 is 4.42 Å². The number of hydrogen-bond donors (Lipinski definition) is 0. The Balaban J connectivity index is 2.14. The lowest BCUT2D eigenvalue weighted by Crippen LogP contribution is -1.87. The number of ketones is 1. The minimum absolute atomic E-state index is 0.0890. The maximum Gasteiger partial charge on any atom is 0.194 e. The van der Waals surface area contributed by atoms with E-state index in [2.05, 4.69) is 4.98 Å². The highest BCUT2D eigenvalue weighted by atomic mass is 35.5. The van der Waals surface area contributed by atoms with Crippen molar-refractivity contribution in [2.24, 2.45) is 0 Å². The summed E-state index contributed by atoms with van der Waals surface area (Å²) in [5, 5.41) is 0.453. The van der Waals surface area contributed by atoms with E-state index in [1.54, 1.807) is 18.3 Å². The van der Waals surface area contributed by atoms with Crippen LogP contribution in [0, 0.1) is 6.42 Å². The van der Waals surface area contributed by atoms with Gasteiger partial charge in [-0.1, -0.05) is 17.7 Å². The van der Waals surface area contributed by atoms with Crippen LogP contribution in [0.4, 0.5) is 0 Å². The first kappa shape index (κ1) is 10.9. The molecule has 0 bridgehead atoms. The molecule has 0 spiro atoms. The number of carbonyl (C=O) groups is 1. The van der Waals surface area contributed by atoms with E-state index in [9.17, 15) is 4.79 Å². The summed E-state index contributed by atoms with van der Waals surface area (Å²) in [6.07, 6.45) is 5.05. The lowest BCUT2D eigenvalue weighted by atomic mass is 10.1. The third-order valence-electron chi connectivity index (χ3n) is 2.05. The summed E-state index contributed by atoms with van der Waals surface area (Å²) in [5.74, 6) is 0.266. The van der Waals surface area contributed by atoms with Gasteiger partial charge in [0.05, 0.1) is 6.26 Å². The molecule has 3 nitrogen and oxygen atoms in total. The van der Waals surface area contributed by atoms with Gasteiger partial charge in [0.15, 0.2) is 11.5 Å². The van der Waals surface area contributed by atoms with Crippen LogP contribution in [0.3, 0.4) is 0 Å². The summed E-state index contributed by atoms with van der Waals surface area (Å²) in [6.45, 7) is 1.46. The number of halogens is 1. The van der Waals surface area contributed by atoms with E-state index >= 15 is 0 Å². The lowest BCUT2D eigenvalue weighted by molar-refractivity contribution is 0.0987. The third kappa shape index (κ3) is 2.49. The maximum absolute atomic E-state index is 11.0. The SMILES string of the molecule is CC(=O)c1cc([CH]c2ccc(Cl)nc2)co1. The Labute approximate surface area is 98.1 Å². The summed E-state index contributed by atoms with van der Waals surface area (Å²) in [6, 6.07) is 5.24. The topological polar surface area (TPSA) is 43.1 Å². The molecule has 0 aliphatic rings. The van der Waals surface area contributed by atoms with Crippen LogP contribution in [-0.2, 0) is 0 Å². The zero-order valence-corrected chi connectivity index (χ0v) is 9.36. The van der Waals surface area contributed by atoms with Gasteiger partial charge in [-0.3, -0.25) is 4.79 Å². The van der Waals surface area contributed by atoms with E-state index < -0.39 is 0 Å². The standard InChI is InChI=1S/C12H9ClNO2/c1-8(15)11-5-10(7-16-11)4-9-2-3-12(13)14-6-9/h2-7H,1H3. The average molecular weight is 235 g/mol. The van der Waals surface area contributed by atoms with E-state index in [1.165, 1.54) is 13.2 Å². The molecule has 0 atom stereocenters. The Hall–Kier alpha value is -1.61. The van der Waals surface area contributed by atoms with Gasteiger partial charge in [-0.2, -0.15) is 0 Å². The molecule has 0 saturated carbocycles. The Morgan fingerprint density at radius 1 is 1.44 bits per heavy atom. The fourth-order valence-corrected chi connectivity index (χ4v) is 1.39. The van der Waals surface area contributed by atoms with E-state index in [1.807, 2.05) is 12.5 Å². The molecule has 2 heterocycles. The molecular weight excluding hydrogens is 226 g/mol. The highest BCUT2D eigenvalue weighted by molar-refractivity contribution is 6.29. The zero-order valence-electron chi connectivity index (χ0n) is 8.61. The van der Waals surface area contributed by atoms with Crippen molar-refractivity contribution in [2.45, 2.75) is 6.92 Å². The quantitative estimate of drug-likeness (QED) is 0.605. The molecule has 4 heteroatoms. The molecule has 0 aromatic carbocycles. The van der Waals surface area contributed by atoms with Crippen molar-refractivity contribution in [2.75, 3.05) is 0 Å². The first-order valence-corrected chi connectivity index (χ1v) is 5.09. The van der Waals surface area contributed by atoms with Gasteiger partial charge in [-0.15, -0.1) is 0 Å². The number of nitrogens with zero attached hydrogens (tertiary/aromatic N) is 1. The Kier molecular flexibility index (Phi) is 3.06. The van der Waals surface area contributed by atoms with Gasteiger partial charge in [0, 0.05) is 19.5 Å². The van der Waals surface area contributed by atoms with Crippen LogP contribution in [0.15, 0.2) is 35.1 Å². The van der Waals surface area contributed by atoms with Gasteiger partial charge >= 0.3 is 0 Å². The average Bonchev–Trinajstić information content (AvgIpc) is 2.70. The molecule has 0 saturated heterocycles. The van der Waals surface area contributed by atoms with Crippen LogP contribution in [0.5, 0.6) is 0 Å². The number of pyridine rings is 1. The fraction of sp³-hybridized carbons (Fsp3) is 0.0833. The van der Waals surface area contributed by atoms with Gasteiger partial charge in [0.25, 0.3) is 0 Å². The number of carbonyl (C=O) groups excluding carboxylic acids is 1. The maximum atomic E-state index is 11.0. The van der Waals surface area contributed by atoms with Crippen LogP contribution in [0.2, 0.25) is 5.15 Å². The fourth-order valence-electron chi connectivity index (χ4n) is 1.28. The van der Waals surface area contributed by atoms with E-state index in [0.717, 1.165) is 11.1 Å². The van der Waals surface area contributed by atoms with Crippen molar-refractivity contribution in [3.05, 3.63) is 59.1 Å². The molecule has 2 rings (SSSR count). The molecule has 16 heavy (non-hydrogen) atoms. The van der Waals surface area contributed by atoms with Gasteiger partial charge in [-0.05, 0) is 23.3 Å². The monoisotopic (exact) mass is 234 g/mol. The molecular formula is C12H9ClNO2. The molecule has 0 N–H and O–H groups in total. The van der Waals surface area contributed by atoms with E-state index in [-0.39, 0.29) is 5.78 Å². The third-order valence-corrected chi connectivity index (χ3v) is 2.27. The molecule has 1 radical (unpaired) electrons.